The fourth-order valence-electron chi connectivity index (χ4n) is 11.5. The van der Waals surface area contributed by atoms with Crippen molar-refractivity contribution < 1.29 is 160 Å². The third kappa shape index (κ3) is 37.1. The highest BCUT2D eigenvalue weighted by Crippen LogP contribution is 2.49. The molecule has 4 saturated heterocycles. The van der Waals surface area contributed by atoms with Gasteiger partial charge in [0, 0.05) is 79.4 Å². The van der Waals surface area contributed by atoms with Crippen LogP contribution in [0.4, 0.5) is 0 Å². The first kappa shape index (κ1) is 95.4. The molecule has 0 bridgehead atoms. The summed E-state index contributed by atoms with van der Waals surface area (Å²) in [5.74, 6) is -3.82. The van der Waals surface area contributed by atoms with E-state index in [4.69, 9.17) is 65.9 Å². The summed E-state index contributed by atoms with van der Waals surface area (Å²) >= 11 is 0. The molecule has 108 heavy (non-hydrogen) atoms. The fourth-order valence-corrected chi connectivity index (χ4v) is 12.8. The Morgan fingerprint density at radius 1 is 0.472 bits per heavy atom. The summed E-state index contributed by atoms with van der Waals surface area (Å²) in [5.41, 5.74) is -0.944. The van der Waals surface area contributed by atoms with Crippen molar-refractivity contribution >= 4 is 55.1 Å². The smallest absolute Gasteiger partial charge is 0.394 e. The van der Waals surface area contributed by atoms with E-state index in [9.17, 15) is 93.8 Å². The van der Waals surface area contributed by atoms with Crippen molar-refractivity contribution in [3.8, 4) is 0 Å². The molecule has 4 aliphatic heterocycles. The number of aliphatic hydroxyl groups is 9. The molecule has 42 nitrogen and oxygen atoms in total. The first-order chi connectivity index (χ1) is 51.4. The number of rotatable bonds is 53. The molecule has 0 aromatic heterocycles. The van der Waals surface area contributed by atoms with Crippen LogP contribution in [-0.4, -0.2) is 401 Å². The molecule has 4 rings (SSSR count). The number of phosphoric acid groups is 1. The number of hydrogen-bond acceptors (Lipinski definition) is 33. The zero-order chi connectivity index (χ0) is 79.8. The van der Waals surface area contributed by atoms with Crippen molar-refractivity contribution in [2.75, 3.05) is 184 Å². The van der Waals surface area contributed by atoms with Gasteiger partial charge in [0.1, 0.15) is 73.1 Å². The second-order valence-corrected chi connectivity index (χ2v) is 28.1. The molecule has 0 aromatic carbocycles. The molecule has 0 radical (unpaired) electrons. The molecule has 4 heterocycles. The molecule has 16 unspecified atom stereocenters. The molecule has 0 aliphatic carbocycles. The number of ether oxygens (including phenoxy) is 12. The van der Waals surface area contributed by atoms with Crippen LogP contribution in [0.15, 0.2) is 0 Å². The molecule has 8 amide bonds. The highest BCUT2D eigenvalue weighted by molar-refractivity contribution is 7.47. The molecular formula is C65H118N9O33P. The maximum absolute atomic E-state index is 14.0. The van der Waals surface area contributed by atoms with Crippen LogP contribution in [0.1, 0.15) is 80.1 Å². The first-order valence-electron chi connectivity index (χ1n) is 36.2. The number of carbonyl (C=O) groups is 8. The predicted molar refractivity (Wildman–Crippen MR) is 371 cm³/mol. The average Bonchev–Trinajstić information content (AvgIpc) is 0.816. The lowest BCUT2D eigenvalue weighted by Crippen LogP contribution is -2.64. The van der Waals surface area contributed by atoms with Gasteiger partial charge in [-0.2, -0.15) is 0 Å². The molecule has 16 N–H and O–H groups in total. The van der Waals surface area contributed by atoms with Crippen LogP contribution >= 0.6 is 7.82 Å². The molecule has 626 valence electrons. The second-order valence-electron chi connectivity index (χ2n) is 26.7. The Balaban J connectivity index is 1.31. The standard InChI is InChI=1S/C65H118N9O33P/c1-41(78)69-53-59(89)56(86)45(38-75)103-62(53)100-32-29-97-26-23-94-20-13-66-48(81)35-72(36-49(82)67-14-21-95-24-27-98-30-33-101-63-54(70-42(2)79)60(90)57(87)46(39-76)104-63)16-8-17-74(52(85)10-7-9-51(84)73-18-11-44(12-19-73)106-108(92,93)107-65(4,5)6)37-50(83)68-15-22-96-25-28-99-31-34-102-64-55(71-43(3)80)61(91)58(88)47(40-77)105-64/h44-47,53-64,75-77,86-91H,7-40H2,1-6H3,(H,66,81)(H,67,82)(H,68,83)(H,69,78)(H,70,79)(H,71,80)(H,92,93). The monoisotopic (exact) mass is 1580 g/mol. The summed E-state index contributed by atoms with van der Waals surface area (Å²) in [6, 6.07) is -3.38. The van der Waals surface area contributed by atoms with Crippen LogP contribution in [0.5, 0.6) is 0 Å². The van der Waals surface area contributed by atoms with E-state index in [-0.39, 0.29) is 202 Å². The van der Waals surface area contributed by atoms with Gasteiger partial charge < -0.3 is 149 Å². The van der Waals surface area contributed by atoms with Crippen LogP contribution in [0.2, 0.25) is 0 Å². The van der Waals surface area contributed by atoms with Gasteiger partial charge in [0.05, 0.1) is 150 Å². The van der Waals surface area contributed by atoms with E-state index in [1.54, 1.807) is 25.7 Å². The van der Waals surface area contributed by atoms with Crippen molar-refractivity contribution in [1.29, 1.82) is 0 Å². The lowest BCUT2D eigenvalue weighted by Gasteiger charge is -2.42. The lowest BCUT2D eigenvalue weighted by molar-refractivity contribution is -0.272. The summed E-state index contributed by atoms with van der Waals surface area (Å²) in [6.07, 6.45) is -16.1. The molecule has 0 saturated carbocycles. The minimum absolute atomic E-state index is 0.0199. The van der Waals surface area contributed by atoms with E-state index < -0.39 is 179 Å². The molecular weight excluding hydrogens is 1470 g/mol. The Bertz CT molecular complexity index is 2610. The average molecular weight is 1580 g/mol. The van der Waals surface area contributed by atoms with Gasteiger partial charge in [-0.1, -0.05) is 0 Å². The zero-order valence-electron chi connectivity index (χ0n) is 62.4. The second kappa shape index (κ2) is 51.6. The lowest BCUT2D eigenvalue weighted by atomic mass is 9.97. The zero-order valence-corrected chi connectivity index (χ0v) is 63.3. The van der Waals surface area contributed by atoms with Gasteiger partial charge in [-0.3, -0.25) is 52.3 Å². The third-order valence-electron chi connectivity index (χ3n) is 16.7. The Morgan fingerprint density at radius 2 is 0.815 bits per heavy atom. The number of nitrogens with zero attached hydrogens (tertiary/aromatic N) is 3. The van der Waals surface area contributed by atoms with Gasteiger partial charge in [0.15, 0.2) is 18.9 Å². The normalized spacial score (nSPS) is 26.1. The SMILES string of the molecule is CC(=O)NC1C(OCCOCCOCCNC(=O)CN(CCCN(CC(=O)NCCOCCOCCOC2OC(CO)C(O)C(O)C2NC(C)=O)C(=O)CCCC(=O)N2CCC(OP(=O)(O)OC(C)(C)C)CC2)CC(=O)NCCOCCOCCOC2OC(CO)C(O)C(O)C2NC(C)=O)OC(CO)C(O)C1O. The van der Waals surface area contributed by atoms with Gasteiger partial charge in [-0.25, -0.2) is 4.57 Å². The maximum Gasteiger partial charge on any atom is 0.472 e. The maximum atomic E-state index is 14.0. The minimum Gasteiger partial charge on any atom is -0.394 e. The van der Waals surface area contributed by atoms with Crippen LogP contribution < -0.4 is 31.9 Å². The Hall–Kier alpha value is -5.01. The van der Waals surface area contributed by atoms with Gasteiger partial charge in [-0.15, -0.1) is 0 Å². The van der Waals surface area contributed by atoms with Crippen LogP contribution in [-0.2, 0) is 109 Å². The van der Waals surface area contributed by atoms with Gasteiger partial charge in [-0.05, 0) is 46.5 Å². The number of nitrogens with one attached hydrogen (secondary N) is 6. The summed E-state index contributed by atoms with van der Waals surface area (Å²) in [5, 5.41) is 107. The topological polar surface area (TPSA) is 567 Å². The van der Waals surface area contributed by atoms with Crippen molar-refractivity contribution in [1.82, 2.24) is 46.6 Å². The van der Waals surface area contributed by atoms with E-state index in [0.29, 0.717) is 0 Å². The number of phosphoric ester groups is 1. The van der Waals surface area contributed by atoms with E-state index >= 15 is 0 Å². The Labute approximate surface area is 627 Å². The summed E-state index contributed by atoms with van der Waals surface area (Å²) < 4.78 is 90.2. The van der Waals surface area contributed by atoms with E-state index in [0.717, 1.165) is 0 Å². The van der Waals surface area contributed by atoms with Crippen molar-refractivity contribution in [3.63, 3.8) is 0 Å². The predicted octanol–water partition coefficient (Wildman–Crippen LogP) is -8.07. The number of likely N-dealkylation sites (tertiary alicyclic amines) is 1. The Kier molecular flexibility index (Phi) is 45.6. The quantitative estimate of drug-likeness (QED) is 0.0199. The van der Waals surface area contributed by atoms with Crippen LogP contribution in [0.25, 0.3) is 0 Å². The van der Waals surface area contributed by atoms with Crippen molar-refractivity contribution in [2.45, 2.75) is 184 Å². The number of amides is 8. The summed E-state index contributed by atoms with van der Waals surface area (Å²) in [4.78, 5) is 118. The highest BCUT2D eigenvalue weighted by Gasteiger charge is 2.48. The molecule has 43 heteroatoms. The molecule has 0 spiro atoms. The molecule has 16 atom stereocenters. The number of hydrogen-bond donors (Lipinski definition) is 16. The Morgan fingerprint density at radius 3 is 1.16 bits per heavy atom. The molecule has 0 aromatic rings. The van der Waals surface area contributed by atoms with Crippen molar-refractivity contribution in [3.05, 3.63) is 0 Å². The van der Waals surface area contributed by atoms with E-state index in [1.807, 2.05) is 0 Å². The highest BCUT2D eigenvalue weighted by atomic mass is 31.2. The summed E-state index contributed by atoms with van der Waals surface area (Å²) in [7, 11) is -4.38. The summed E-state index contributed by atoms with van der Waals surface area (Å²) in [6.45, 7) is 6.73. The van der Waals surface area contributed by atoms with Gasteiger partial charge in [0.2, 0.25) is 47.3 Å². The number of aliphatic hydroxyl groups excluding tert-OH is 9. The number of carbonyl (C=O) groups excluding carboxylic acids is 8. The van der Waals surface area contributed by atoms with Crippen LogP contribution in [0.3, 0.4) is 0 Å². The van der Waals surface area contributed by atoms with Gasteiger partial charge in [0.25, 0.3) is 0 Å². The minimum atomic E-state index is -4.38. The molecule has 4 aliphatic rings. The van der Waals surface area contributed by atoms with Crippen molar-refractivity contribution in [2.24, 2.45) is 0 Å². The number of piperidine rings is 1. The largest absolute Gasteiger partial charge is 0.472 e. The first-order valence-corrected chi connectivity index (χ1v) is 37.7. The van der Waals surface area contributed by atoms with E-state index in [2.05, 4.69) is 31.9 Å². The van der Waals surface area contributed by atoms with Crippen LogP contribution in [0, 0.1) is 0 Å². The van der Waals surface area contributed by atoms with E-state index in [1.165, 1.54) is 30.6 Å². The van der Waals surface area contributed by atoms with Gasteiger partial charge >= 0.3 is 7.82 Å². The fraction of sp³-hybridized carbons (Fsp3) is 0.877. The molecule has 4 fully saturated rings. The third-order valence-corrected chi connectivity index (χ3v) is 18.0.